The lowest BCUT2D eigenvalue weighted by atomic mass is 9.97. The number of nitrogens with one attached hydrogen (secondary N) is 2. The predicted octanol–water partition coefficient (Wildman–Crippen LogP) is 13.2. The van der Waals surface area contributed by atoms with Crippen LogP contribution in [0.5, 0.6) is 0 Å². The third-order valence-corrected chi connectivity index (χ3v) is 20.3. The van der Waals surface area contributed by atoms with E-state index in [9.17, 15) is 9.59 Å². The molecule has 0 aliphatic rings. The monoisotopic (exact) mass is 771 g/mol. The molecule has 2 atom stereocenters. The van der Waals surface area contributed by atoms with E-state index in [1.807, 2.05) is 0 Å². The van der Waals surface area contributed by atoms with Gasteiger partial charge in [-0.05, 0) is 70.6 Å². The molecule has 0 aliphatic heterocycles. The molecule has 0 radical (unpaired) electrons. The molecule has 2 amide bonds. The van der Waals surface area contributed by atoms with Gasteiger partial charge in [0.1, 0.15) is 6.04 Å². The molecule has 51 heavy (non-hydrogen) atoms. The summed E-state index contributed by atoms with van der Waals surface area (Å²) in [6.45, 7) is 23.0. The van der Waals surface area contributed by atoms with E-state index in [4.69, 9.17) is 8.23 Å². The van der Waals surface area contributed by atoms with Crippen molar-refractivity contribution in [3.63, 3.8) is 0 Å². The zero-order valence-corrected chi connectivity index (χ0v) is 39.1. The second-order valence-electron chi connectivity index (χ2n) is 17.8. The largest absolute Gasteiger partial charge is 0.437 e. The smallest absolute Gasteiger partial charge is 0.311 e. The average molecular weight is 771 g/mol. The number of hydrogen-bond acceptors (Lipinski definition) is 4. The molecule has 0 fully saturated rings. The maximum absolute atomic E-state index is 13.0. The Labute approximate surface area is 322 Å². The van der Waals surface area contributed by atoms with Gasteiger partial charge in [0.05, 0.1) is 0 Å². The summed E-state index contributed by atoms with van der Waals surface area (Å²) in [7, 11) is -5.31. The lowest BCUT2D eigenvalue weighted by Gasteiger charge is -2.37. The van der Waals surface area contributed by atoms with Gasteiger partial charge in [0.25, 0.3) is 0 Å². The summed E-state index contributed by atoms with van der Waals surface area (Å²) in [5.41, 5.74) is 0. The molecule has 2 N–H and O–H groups in total. The predicted molar refractivity (Wildman–Crippen MR) is 231 cm³/mol. The van der Waals surface area contributed by atoms with Crippen LogP contribution < -0.4 is 10.6 Å². The van der Waals surface area contributed by atoms with Gasteiger partial charge in [-0.15, -0.1) is 0 Å². The number of carbonyl (C=O) groups is 2. The fraction of sp³-hybridized carbons (Fsp3) is 0.952. The van der Waals surface area contributed by atoms with Crippen LogP contribution in [0.4, 0.5) is 0 Å². The number of rotatable bonds is 36. The van der Waals surface area contributed by atoms with Crippen LogP contribution in [0.2, 0.25) is 51.9 Å². The lowest BCUT2D eigenvalue weighted by molar-refractivity contribution is -0.130. The number of hydrogen-bond donors (Lipinski definition) is 2. The first-order valence-electron chi connectivity index (χ1n) is 22.1. The summed E-state index contributed by atoms with van der Waals surface area (Å²) in [6.07, 6.45) is 32.4. The third-order valence-electron chi connectivity index (χ3n) is 10.1. The van der Waals surface area contributed by atoms with Crippen molar-refractivity contribution in [1.29, 1.82) is 0 Å². The molecule has 304 valence electrons. The van der Waals surface area contributed by atoms with E-state index in [0.717, 1.165) is 25.7 Å². The minimum absolute atomic E-state index is 0.0121. The van der Waals surface area contributed by atoms with Gasteiger partial charge < -0.3 is 18.9 Å². The van der Waals surface area contributed by atoms with Gasteiger partial charge in [-0.1, -0.05) is 168 Å². The second-order valence-corrected chi connectivity index (χ2v) is 30.5. The number of amides is 2. The fourth-order valence-electron chi connectivity index (χ4n) is 7.31. The minimum Gasteiger partial charge on any atom is -0.437 e. The highest BCUT2D eigenvalue weighted by Gasteiger charge is 2.37. The first-order valence-corrected chi connectivity index (χ1v) is 31.4. The standard InChI is InChI=1S/C42H90N2O4Si3/c1-11-13-14-15-16-17-18-19-20-21-22-23-25-28-31-34-37-43-42(46)41(39(3)12-2)44-40(45)36-33-30-27-24-26-29-32-35-38-50(7,8)48-51(9,10)47-49(4,5)6/h39,41H,11-38H2,1-10H3,(H,43,46)(H,44,45). The van der Waals surface area contributed by atoms with Crippen molar-refractivity contribution in [3.8, 4) is 0 Å². The van der Waals surface area contributed by atoms with Gasteiger partial charge in [0.2, 0.25) is 11.8 Å². The van der Waals surface area contributed by atoms with Crippen LogP contribution in [0.1, 0.15) is 188 Å². The summed E-state index contributed by atoms with van der Waals surface area (Å²) in [5, 5.41) is 6.20. The van der Waals surface area contributed by atoms with Crippen LogP contribution in [-0.4, -0.2) is 49.6 Å². The fourth-order valence-corrected chi connectivity index (χ4v) is 20.6. The van der Waals surface area contributed by atoms with Crippen molar-refractivity contribution in [2.45, 2.75) is 246 Å². The van der Waals surface area contributed by atoms with Crippen LogP contribution in [0.25, 0.3) is 0 Å². The minimum atomic E-state index is -2.04. The van der Waals surface area contributed by atoms with Crippen molar-refractivity contribution in [2.75, 3.05) is 6.54 Å². The first kappa shape index (κ1) is 50.5. The van der Waals surface area contributed by atoms with Crippen molar-refractivity contribution in [1.82, 2.24) is 10.6 Å². The van der Waals surface area contributed by atoms with Gasteiger partial charge >= 0.3 is 8.56 Å². The topological polar surface area (TPSA) is 76.7 Å². The van der Waals surface area contributed by atoms with Gasteiger partial charge in [-0.3, -0.25) is 9.59 Å². The summed E-state index contributed by atoms with van der Waals surface area (Å²) in [5.74, 6) is 0.141. The highest BCUT2D eigenvalue weighted by atomic mass is 28.5. The summed E-state index contributed by atoms with van der Waals surface area (Å²) in [6, 6.07) is 0.784. The van der Waals surface area contributed by atoms with Gasteiger partial charge in [0.15, 0.2) is 16.6 Å². The molecule has 0 rings (SSSR count). The van der Waals surface area contributed by atoms with E-state index in [1.165, 1.54) is 141 Å². The highest BCUT2D eigenvalue weighted by Crippen LogP contribution is 2.25. The Morgan fingerprint density at radius 1 is 0.549 bits per heavy atom. The van der Waals surface area contributed by atoms with E-state index in [1.54, 1.807) is 0 Å². The van der Waals surface area contributed by atoms with Crippen LogP contribution in [0, 0.1) is 5.92 Å². The van der Waals surface area contributed by atoms with E-state index < -0.39 is 31.2 Å². The average Bonchev–Trinajstić information content (AvgIpc) is 3.03. The Hall–Kier alpha value is -0.489. The molecule has 0 aromatic heterocycles. The molecule has 0 saturated carbocycles. The summed E-state index contributed by atoms with van der Waals surface area (Å²) >= 11 is 0. The normalized spacial score (nSPS) is 13.7. The molecule has 0 spiro atoms. The second kappa shape index (κ2) is 30.8. The van der Waals surface area contributed by atoms with Crippen LogP contribution in [0.3, 0.4) is 0 Å². The van der Waals surface area contributed by atoms with Crippen molar-refractivity contribution < 1.29 is 17.8 Å². The molecule has 0 aromatic rings. The Balaban J connectivity index is 3.93. The Morgan fingerprint density at radius 3 is 1.39 bits per heavy atom. The Morgan fingerprint density at radius 2 is 0.961 bits per heavy atom. The van der Waals surface area contributed by atoms with Crippen molar-refractivity contribution in [2.24, 2.45) is 5.92 Å². The van der Waals surface area contributed by atoms with Crippen LogP contribution in [0.15, 0.2) is 0 Å². The Kier molecular flexibility index (Phi) is 30.5. The van der Waals surface area contributed by atoms with Crippen LogP contribution >= 0.6 is 0 Å². The molecule has 0 heterocycles. The molecule has 9 heteroatoms. The maximum Gasteiger partial charge on any atom is 0.311 e. The first-order chi connectivity index (χ1) is 24.1. The highest BCUT2D eigenvalue weighted by molar-refractivity contribution is 6.87. The molecule has 6 nitrogen and oxygen atoms in total. The third kappa shape index (κ3) is 32.6. The van der Waals surface area contributed by atoms with E-state index in [-0.39, 0.29) is 17.7 Å². The summed E-state index contributed by atoms with van der Waals surface area (Å²) in [4.78, 5) is 25.7. The van der Waals surface area contributed by atoms with Crippen molar-refractivity contribution in [3.05, 3.63) is 0 Å². The number of carbonyl (C=O) groups excluding carboxylic acids is 2. The zero-order chi connectivity index (χ0) is 38.4. The van der Waals surface area contributed by atoms with E-state index in [0.29, 0.717) is 13.0 Å². The lowest BCUT2D eigenvalue weighted by Crippen LogP contribution is -2.51. The zero-order valence-electron chi connectivity index (χ0n) is 36.1. The molecule has 0 aliphatic carbocycles. The molecule has 0 saturated heterocycles. The van der Waals surface area contributed by atoms with Gasteiger partial charge in [-0.2, -0.15) is 0 Å². The molecule has 2 unspecified atom stereocenters. The number of unbranched alkanes of at least 4 members (excludes halogenated alkanes) is 22. The van der Waals surface area contributed by atoms with E-state index in [2.05, 4.69) is 77.2 Å². The van der Waals surface area contributed by atoms with Crippen molar-refractivity contribution >= 4 is 37.0 Å². The molecule has 0 bridgehead atoms. The molecular weight excluding hydrogens is 681 g/mol. The quantitative estimate of drug-likeness (QED) is 0.0491. The SMILES string of the molecule is CCCCCCCCCCCCCCCCCCNC(=O)C(NC(=O)CCCCCCCCCC[Si](C)(C)O[Si](C)(C)O[Si](C)(C)C)C(C)CC. The van der Waals surface area contributed by atoms with Gasteiger partial charge in [0, 0.05) is 13.0 Å². The molecule has 0 aromatic carbocycles. The van der Waals surface area contributed by atoms with Gasteiger partial charge in [-0.25, -0.2) is 0 Å². The van der Waals surface area contributed by atoms with Crippen LogP contribution in [-0.2, 0) is 17.8 Å². The Bertz CT molecular complexity index is 850. The molecular formula is C42H90N2O4Si3. The van der Waals surface area contributed by atoms with E-state index >= 15 is 0 Å². The maximum atomic E-state index is 13.0. The summed E-state index contributed by atoms with van der Waals surface area (Å²) < 4.78 is 13.1.